The Labute approximate surface area is 119 Å². The first-order chi connectivity index (χ1) is 7.96. The second-order valence-electron chi connectivity index (χ2n) is 3.45. The summed E-state index contributed by atoms with van der Waals surface area (Å²) in [5.74, 6) is 0. The molecule has 1 unspecified atom stereocenters. The van der Waals surface area contributed by atoms with Gasteiger partial charge < -0.3 is 0 Å². The highest BCUT2D eigenvalue weighted by Gasteiger charge is 3.01. The maximum Gasteiger partial charge on any atom is 0.434 e. The molecule has 1 heterocycles. The normalized spacial score (nSPS) is 30.9. The first kappa shape index (κ1) is 17.6. The fourth-order valence-corrected chi connectivity index (χ4v) is 2.91. The van der Waals surface area contributed by atoms with Crippen LogP contribution in [0.4, 0.5) is 35.1 Å². The summed E-state index contributed by atoms with van der Waals surface area (Å²) in [5, 5.41) is 0. The molecule has 1 aliphatic rings. The van der Waals surface area contributed by atoms with E-state index in [1.165, 1.54) is 0 Å². The molecule has 0 aliphatic carbocycles. The van der Waals surface area contributed by atoms with Crippen LogP contribution in [0.2, 0.25) is 0 Å². The average Bonchev–Trinajstić information content (AvgIpc) is 2.06. The standard InChI is InChI=1S/C6Cl4F8O/c7-3(8,12)2(4(9,10)13)1(11,5(14,15)16)6(17,18)19-2. The Bertz CT molecular complexity index is 358. The zero-order valence-electron chi connectivity index (χ0n) is 7.94. The van der Waals surface area contributed by atoms with Gasteiger partial charge in [0.05, 0.1) is 0 Å². The van der Waals surface area contributed by atoms with E-state index in [1.54, 1.807) is 0 Å². The maximum absolute atomic E-state index is 13.7. The lowest BCUT2D eigenvalue weighted by Gasteiger charge is -2.60. The quantitative estimate of drug-likeness (QED) is 0.492. The van der Waals surface area contributed by atoms with Gasteiger partial charge in [0, 0.05) is 0 Å². The Morgan fingerprint density at radius 3 is 1.16 bits per heavy atom. The van der Waals surface area contributed by atoms with Crippen molar-refractivity contribution in [3.8, 4) is 0 Å². The molecule has 0 bridgehead atoms. The molecule has 1 rings (SSSR count). The minimum absolute atomic E-state index is 2.98. The second kappa shape index (κ2) is 4.06. The van der Waals surface area contributed by atoms with Gasteiger partial charge in [-0.3, -0.25) is 4.74 Å². The number of halogens is 12. The van der Waals surface area contributed by atoms with Gasteiger partial charge in [0.15, 0.2) is 0 Å². The lowest BCUT2D eigenvalue weighted by atomic mass is 9.77. The minimum atomic E-state index is -6.54. The van der Waals surface area contributed by atoms with Crippen molar-refractivity contribution < 1.29 is 39.9 Å². The molecule has 0 amide bonds. The number of hydrogen-bond acceptors (Lipinski definition) is 1. The van der Waals surface area contributed by atoms with Gasteiger partial charge in [0.2, 0.25) is 0 Å². The molecule has 0 spiro atoms. The van der Waals surface area contributed by atoms with Gasteiger partial charge in [0.25, 0.3) is 14.8 Å². The van der Waals surface area contributed by atoms with Crippen molar-refractivity contribution in [1.29, 1.82) is 0 Å². The SMILES string of the molecule is FC(F)(F)C1(F)C(F)(F)OC1(C(F)(Cl)Cl)C(F)(Cl)Cl. The summed E-state index contributed by atoms with van der Waals surface area (Å²) in [7, 11) is 0. The summed E-state index contributed by atoms with van der Waals surface area (Å²) in [6.07, 6.45) is -12.2. The minimum Gasteiger partial charge on any atom is -0.294 e. The Morgan fingerprint density at radius 1 is 0.737 bits per heavy atom. The van der Waals surface area contributed by atoms with Crippen LogP contribution < -0.4 is 0 Å². The third-order valence-corrected chi connectivity index (χ3v) is 3.42. The van der Waals surface area contributed by atoms with E-state index in [0.717, 1.165) is 0 Å². The molecule has 1 fully saturated rings. The van der Waals surface area contributed by atoms with Crippen LogP contribution >= 0.6 is 46.4 Å². The lowest BCUT2D eigenvalue weighted by molar-refractivity contribution is -0.543. The highest BCUT2D eigenvalue weighted by Crippen LogP contribution is 2.73. The lowest BCUT2D eigenvalue weighted by Crippen LogP contribution is -2.89. The van der Waals surface area contributed by atoms with Gasteiger partial charge in [-0.05, 0) is 0 Å². The molecule has 0 aromatic heterocycles. The first-order valence-electron chi connectivity index (χ1n) is 3.93. The maximum atomic E-state index is 13.7. The molecule has 0 radical (unpaired) electrons. The zero-order valence-corrected chi connectivity index (χ0v) is 11.0. The molecule has 0 N–H and O–H groups in total. The number of rotatable bonds is 2. The molecule has 1 saturated heterocycles. The summed E-state index contributed by atoms with van der Waals surface area (Å²) < 4.78 is 96.7. The number of hydrogen-bond donors (Lipinski definition) is 0. The smallest absolute Gasteiger partial charge is 0.294 e. The van der Waals surface area contributed by atoms with Gasteiger partial charge in [-0.1, -0.05) is 46.4 Å². The van der Waals surface area contributed by atoms with Crippen LogP contribution in [0.3, 0.4) is 0 Å². The molecular formula is C6Cl4F8O. The topological polar surface area (TPSA) is 9.23 Å². The van der Waals surface area contributed by atoms with E-state index in [9.17, 15) is 35.1 Å². The first-order valence-corrected chi connectivity index (χ1v) is 5.44. The van der Waals surface area contributed by atoms with E-state index in [4.69, 9.17) is 0 Å². The number of alkyl halides is 12. The average molecular weight is 382 g/mol. The molecule has 0 aromatic rings. The zero-order chi connectivity index (χ0) is 15.7. The molecule has 0 saturated carbocycles. The van der Waals surface area contributed by atoms with Crippen molar-refractivity contribution in [3.05, 3.63) is 0 Å². The summed E-state index contributed by atoms with van der Waals surface area (Å²) in [6.45, 7) is 0. The molecule has 19 heavy (non-hydrogen) atoms. The van der Waals surface area contributed by atoms with Crippen molar-refractivity contribution in [1.82, 2.24) is 0 Å². The van der Waals surface area contributed by atoms with E-state index >= 15 is 0 Å². The van der Waals surface area contributed by atoms with Crippen LogP contribution in [-0.2, 0) is 4.74 Å². The second-order valence-corrected chi connectivity index (χ2v) is 5.92. The Morgan fingerprint density at radius 2 is 1.05 bits per heavy atom. The Kier molecular flexibility index (Phi) is 3.76. The van der Waals surface area contributed by atoms with E-state index in [0.29, 0.717) is 0 Å². The van der Waals surface area contributed by atoms with Gasteiger partial charge in [-0.15, -0.1) is 0 Å². The Balaban J connectivity index is 3.63. The summed E-state index contributed by atoms with van der Waals surface area (Å²) in [6, 6.07) is 0. The molecule has 1 nitrogen and oxygen atoms in total. The van der Waals surface area contributed by atoms with Crippen LogP contribution in [0.1, 0.15) is 0 Å². The predicted molar refractivity (Wildman–Crippen MR) is 49.7 cm³/mol. The van der Waals surface area contributed by atoms with Crippen LogP contribution in [0.15, 0.2) is 0 Å². The summed E-state index contributed by atoms with van der Waals surface area (Å²) >= 11 is 17.9. The third-order valence-electron chi connectivity index (χ3n) is 2.36. The van der Waals surface area contributed by atoms with Crippen LogP contribution in [-0.4, -0.2) is 32.7 Å². The van der Waals surface area contributed by atoms with Crippen molar-refractivity contribution in [2.24, 2.45) is 0 Å². The van der Waals surface area contributed by atoms with Crippen LogP contribution in [0.5, 0.6) is 0 Å². The monoisotopic (exact) mass is 380 g/mol. The fourth-order valence-electron chi connectivity index (χ4n) is 1.52. The molecule has 1 atom stereocenters. The number of ether oxygens (including phenoxy) is 1. The van der Waals surface area contributed by atoms with E-state index in [-0.39, 0.29) is 0 Å². The molecule has 114 valence electrons. The summed E-state index contributed by atoms with van der Waals surface area (Å²) in [5.41, 5.74) is -10.9. The van der Waals surface area contributed by atoms with Gasteiger partial charge in [-0.2, -0.15) is 22.0 Å². The molecular weight excluding hydrogens is 382 g/mol. The van der Waals surface area contributed by atoms with E-state index in [1.807, 2.05) is 0 Å². The highest BCUT2D eigenvalue weighted by atomic mass is 35.5. The molecule has 0 aromatic carbocycles. The largest absolute Gasteiger partial charge is 0.434 e. The van der Waals surface area contributed by atoms with Crippen LogP contribution in [0, 0.1) is 0 Å². The van der Waals surface area contributed by atoms with Gasteiger partial charge in [0.1, 0.15) is 0 Å². The third kappa shape index (κ3) is 1.91. The van der Waals surface area contributed by atoms with Gasteiger partial charge >= 0.3 is 18.0 Å². The predicted octanol–water partition coefficient (Wildman–Crippen LogP) is 4.82. The van der Waals surface area contributed by atoms with Crippen molar-refractivity contribution in [3.63, 3.8) is 0 Å². The van der Waals surface area contributed by atoms with E-state index in [2.05, 4.69) is 51.1 Å². The van der Waals surface area contributed by atoms with E-state index < -0.39 is 32.7 Å². The van der Waals surface area contributed by atoms with Crippen molar-refractivity contribution in [2.45, 2.75) is 32.7 Å². The molecule has 1 aliphatic heterocycles. The Hall–Kier alpha value is 0.560. The molecule has 13 heteroatoms. The fraction of sp³-hybridized carbons (Fsp3) is 1.00. The summed E-state index contributed by atoms with van der Waals surface area (Å²) in [4.78, 5) is 0. The van der Waals surface area contributed by atoms with Crippen LogP contribution in [0.25, 0.3) is 0 Å². The van der Waals surface area contributed by atoms with Gasteiger partial charge in [-0.25, -0.2) is 13.2 Å². The highest BCUT2D eigenvalue weighted by molar-refractivity contribution is 6.53. The van der Waals surface area contributed by atoms with Crippen molar-refractivity contribution in [2.75, 3.05) is 0 Å². The van der Waals surface area contributed by atoms with Crippen molar-refractivity contribution >= 4 is 46.4 Å².